The van der Waals surface area contributed by atoms with Gasteiger partial charge in [0, 0.05) is 0 Å². The SMILES string of the molecule is CCC(C)C(NC(=O)COc1ccc(C(F)(F)F)cc1)C(=O)O. The molecule has 0 fully saturated rings. The lowest BCUT2D eigenvalue weighted by atomic mass is 9.99. The van der Waals surface area contributed by atoms with Crippen LogP contribution in [0, 0.1) is 5.92 Å². The van der Waals surface area contributed by atoms with Crippen molar-refractivity contribution < 1.29 is 32.6 Å². The smallest absolute Gasteiger partial charge is 0.416 e. The Morgan fingerprint density at radius 1 is 1.26 bits per heavy atom. The average molecular weight is 333 g/mol. The molecular formula is C15H18F3NO4. The number of hydrogen-bond acceptors (Lipinski definition) is 3. The van der Waals surface area contributed by atoms with Gasteiger partial charge in [-0.05, 0) is 30.2 Å². The van der Waals surface area contributed by atoms with Gasteiger partial charge in [-0.1, -0.05) is 20.3 Å². The molecule has 0 aliphatic heterocycles. The minimum Gasteiger partial charge on any atom is -0.484 e. The van der Waals surface area contributed by atoms with Gasteiger partial charge in [0.1, 0.15) is 11.8 Å². The molecule has 8 heteroatoms. The van der Waals surface area contributed by atoms with Gasteiger partial charge in [-0.3, -0.25) is 4.79 Å². The maximum atomic E-state index is 12.4. The summed E-state index contributed by atoms with van der Waals surface area (Å²) in [4.78, 5) is 22.8. The number of benzene rings is 1. The predicted molar refractivity (Wildman–Crippen MR) is 76.0 cm³/mol. The van der Waals surface area contributed by atoms with Gasteiger partial charge in [0.05, 0.1) is 5.56 Å². The summed E-state index contributed by atoms with van der Waals surface area (Å²) in [5.74, 6) is -1.98. The van der Waals surface area contributed by atoms with Gasteiger partial charge < -0.3 is 15.2 Å². The Kier molecular flexibility index (Phi) is 6.41. The predicted octanol–water partition coefficient (Wildman–Crippen LogP) is 2.70. The first-order valence-electron chi connectivity index (χ1n) is 6.97. The first kappa shape index (κ1) is 18.8. The number of carbonyl (C=O) groups excluding carboxylic acids is 1. The van der Waals surface area contributed by atoms with Crippen LogP contribution in [0.4, 0.5) is 13.2 Å². The zero-order chi connectivity index (χ0) is 17.6. The van der Waals surface area contributed by atoms with Crippen molar-refractivity contribution in [3.05, 3.63) is 29.8 Å². The lowest BCUT2D eigenvalue weighted by Crippen LogP contribution is -2.46. The van der Waals surface area contributed by atoms with Crippen LogP contribution < -0.4 is 10.1 Å². The molecule has 1 aromatic carbocycles. The molecule has 0 bridgehead atoms. The molecule has 2 atom stereocenters. The Morgan fingerprint density at radius 2 is 1.83 bits per heavy atom. The Labute approximate surface area is 131 Å². The Balaban J connectivity index is 2.57. The van der Waals surface area contributed by atoms with Crippen LogP contribution >= 0.6 is 0 Å². The summed E-state index contributed by atoms with van der Waals surface area (Å²) in [6.45, 7) is 3.01. The second-order valence-corrected chi connectivity index (χ2v) is 5.08. The van der Waals surface area contributed by atoms with Crippen molar-refractivity contribution in [3.63, 3.8) is 0 Å². The average Bonchev–Trinajstić information content (AvgIpc) is 2.49. The second kappa shape index (κ2) is 7.85. The third-order valence-corrected chi connectivity index (χ3v) is 3.35. The zero-order valence-corrected chi connectivity index (χ0v) is 12.7. The van der Waals surface area contributed by atoms with E-state index >= 15 is 0 Å². The molecule has 0 spiro atoms. The van der Waals surface area contributed by atoms with E-state index in [1.807, 2.05) is 0 Å². The van der Waals surface area contributed by atoms with Crippen molar-refractivity contribution in [1.29, 1.82) is 0 Å². The Bertz CT molecular complexity index is 543. The highest BCUT2D eigenvalue weighted by molar-refractivity contribution is 5.84. The maximum absolute atomic E-state index is 12.4. The molecule has 23 heavy (non-hydrogen) atoms. The largest absolute Gasteiger partial charge is 0.484 e. The summed E-state index contributed by atoms with van der Waals surface area (Å²) in [6, 6.07) is 2.83. The monoisotopic (exact) mass is 333 g/mol. The van der Waals surface area contributed by atoms with Crippen LogP contribution in [-0.2, 0) is 15.8 Å². The van der Waals surface area contributed by atoms with E-state index in [2.05, 4.69) is 5.32 Å². The second-order valence-electron chi connectivity index (χ2n) is 5.08. The molecule has 0 aliphatic carbocycles. The first-order valence-corrected chi connectivity index (χ1v) is 6.97. The topological polar surface area (TPSA) is 75.6 Å². The number of rotatable bonds is 7. The summed E-state index contributed by atoms with van der Waals surface area (Å²) in [6.07, 6.45) is -3.88. The van der Waals surface area contributed by atoms with Crippen molar-refractivity contribution in [2.45, 2.75) is 32.5 Å². The molecule has 0 heterocycles. The number of alkyl halides is 3. The summed E-state index contributed by atoms with van der Waals surface area (Å²) < 4.78 is 42.3. The van der Waals surface area contributed by atoms with Gasteiger partial charge in [0.2, 0.25) is 0 Å². The Hall–Kier alpha value is -2.25. The lowest BCUT2D eigenvalue weighted by Gasteiger charge is -2.20. The highest BCUT2D eigenvalue weighted by Gasteiger charge is 2.30. The van der Waals surface area contributed by atoms with Gasteiger partial charge >= 0.3 is 12.1 Å². The van der Waals surface area contributed by atoms with E-state index in [1.165, 1.54) is 0 Å². The van der Waals surface area contributed by atoms with Gasteiger partial charge in [-0.15, -0.1) is 0 Å². The minimum absolute atomic E-state index is 0.0866. The third-order valence-electron chi connectivity index (χ3n) is 3.35. The number of carboxylic acids is 1. The van der Waals surface area contributed by atoms with E-state index in [-0.39, 0.29) is 11.7 Å². The van der Waals surface area contributed by atoms with Crippen molar-refractivity contribution in [2.75, 3.05) is 6.61 Å². The minimum atomic E-state index is -4.44. The number of aliphatic carboxylic acids is 1. The fraction of sp³-hybridized carbons (Fsp3) is 0.467. The van der Waals surface area contributed by atoms with Crippen LogP contribution in [0.2, 0.25) is 0 Å². The van der Waals surface area contributed by atoms with E-state index in [0.717, 1.165) is 24.3 Å². The number of ether oxygens (including phenoxy) is 1. The summed E-state index contributed by atoms with van der Waals surface area (Å²) in [7, 11) is 0. The Morgan fingerprint density at radius 3 is 2.26 bits per heavy atom. The molecule has 0 saturated heterocycles. The number of carbonyl (C=O) groups is 2. The van der Waals surface area contributed by atoms with E-state index in [0.29, 0.717) is 6.42 Å². The standard InChI is InChI=1S/C15H18F3NO4/c1-3-9(2)13(14(21)22)19-12(20)8-23-11-6-4-10(5-7-11)15(16,17)18/h4-7,9,13H,3,8H2,1-2H3,(H,19,20)(H,21,22). The van der Waals surface area contributed by atoms with E-state index in [1.54, 1.807) is 13.8 Å². The van der Waals surface area contributed by atoms with Crippen molar-refractivity contribution in [3.8, 4) is 5.75 Å². The van der Waals surface area contributed by atoms with Crippen LogP contribution in [0.1, 0.15) is 25.8 Å². The molecule has 5 nitrogen and oxygen atoms in total. The molecule has 0 saturated carbocycles. The van der Waals surface area contributed by atoms with Crippen LogP contribution in [-0.4, -0.2) is 29.6 Å². The molecule has 2 unspecified atom stereocenters. The van der Waals surface area contributed by atoms with E-state index < -0.39 is 36.3 Å². The molecule has 1 aromatic rings. The highest BCUT2D eigenvalue weighted by atomic mass is 19.4. The van der Waals surface area contributed by atoms with Crippen molar-refractivity contribution in [2.24, 2.45) is 5.92 Å². The van der Waals surface area contributed by atoms with Gasteiger partial charge in [-0.25, -0.2) is 4.79 Å². The van der Waals surface area contributed by atoms with Crippen LogP contribution in [0.3, 0.4) is 0 Å². The number of amides is 1. The van der Waals surface area contributed by atoms with E-state index in [9.17, 15) is 22.8 Å². The molecule has 1 amide bonds. The highest BCUT2D eigenvalue weighted by Crippen LogP contribution is 2.30. The zero-order valence-electron chi connectivity index (χ0n) is 12.7. The fourth-order valence-corrected chi connectivity index (χ4v) is 1.79. The fourth-order valence-electron chi connectivity index (χ4n) is 1.79. The summed E-state index contributed by atoms with van der Waals surface area (Å²) in [5.41, 5.74) is -0.822. The first-order chi connectivity index (χ1) is 10.6. The molecule has 128 valence electrons. The number of carboxylic acid groups (broad SMARTS) is 1. The molecule has 2 N–H and O–H groups in total. The molecule has 0 radical (unpaired) electrons. The lowest BCUT2D eigenvalue weighted by molar-refractivity contribution is -0.143. The number of nitrogens with one attached hydrogen (secondary N) is 1. The van der Waals surface area contributed by atoms with Crippen molar-refractivity contribution >= 4 is 11.9 Å². The molecular weight excluding hydrogens is 315 g/mol. The van der Waals surface area contributed by atoms with Gasteiger partial charge in [-0.2, -0.15) is 13.2 Å². The maximum Gasteiger partial charge on any atom is 0.416 e. The van der Waals surface area contributed by atoms with Gasteiger partial charge in [0.25, 0.3) is 5.91 Å². The van der Waals surface area contributed by atoms with Crippen molar-refractivity contribution in [1.82, 2.24) is 5.32 Å². The normalized spacial score (nSPS) is 14.0. The summed E-state index contributed by atoms with van der Waals surface area (Å²) >= 11 is 0. The molecule has 0 aliphatic rings. The summed E-state index contributed by atoms with van der Waals surface area (Å²) in [5, 5.41) is 11.4. The quantitative estimate of drug-likeness (QED) is 0.804. The number of hydrogen-bond donors (Lipinski definition) is 2. The molecule has 0 aromatic heterocycles. The van der Waals surface area contributed by atoms with Crippen LogP contribution in [0.15, 0.2) is 24.3 Å². The number of halogens is 3. The third kappa shape index (κ3) is 5.80. The van der Waals surface area contributed by atoms with Gasteiger partial charge in [0.15, 0.2) is 6.61 Å². The van der Waals surface area contributed by atoms with E-state index in [4.69, 9.17) is 9.84 Å². The van der Waals surface area contributed by atoms with Crippen LogP contribution in [0.25, 0.3) is 0 Å². The van der Waals surface area contributed by atoms with Crippen LogP contribution in [0.5, 0.6) is 5.75 Å². The molecule has 1 rings (SSSR count).